The zero-order chi connectivity index (χ0) is 17.9. The van der Waals surface area contributed by atoms with Crippen molar-refractivity contribution in [2.24, 2.45) is 0 Å². The van der Waals surface area contributed by atoms with Gasteiger partial charge in [0.15, 0.2) is 0 Å². The summed E-state index contributed by atoms with van der Waals surface area (Å²) in [4.78, 5) is 2.46. The summed E-state index contributed by atoms with van der Waals surface area (Å²) < 4.78 is 44.2. The number of likely N-dealkylation sites (tertiary alicyclic amines) is 1. The maximum atomic E-state index is 12.8. The maximum absolute atomic E-state index is 12.8. The zero-order valence-corrected chi connectivity index (χ0v) is 16.7. The fraction of sp³-hybridized carbons (Fsp3) is 0.474. The smallest absolute Gasteiger partial charge is 0.416 e. The van der Waals surface area contributed by atoms with Crippen LogP contribution in [0.15, 0.2) is 40.8 Å². The Bertz CT molecular complexity index is 706. The van der Waals surface area contributed by atoms with E-state index in [9.17, 15) is 13.2 Å². The van der Waals surface area contributed by atoms with Crippen LogP contribution >= 0.6 is 24.8 Å². The molecule has 3 rings (SSSR count). The summed E-state index contributed by atoms with van der Waals surface area (Å²) in [6.07, 6.45) is -1.91. The predicted molar refractivity (Wildman–Crippen MR) is 106 cm³/mol. The molecule has 3 nitrogen and oxygen atoms in total. The van der Waals surface area contributed by atoms with Gasteiger partial charge in [-0.2, -0.15) is 13.2 Å². The number of hydrogen-bond donors (Lipinski definition) is 1. The molecule has 1 unspecified atom stereocenters. The van der Waals surface area contributed by atoms with Crippen LogP contribution in [0.3, 0.4) is 0 Å². The average Bonchev–Trinajstić information content (AvgIpc) is 3.23. The maximum Gasteiger partial charge on any atom is 0.416 e. The first-order chi connectivity index (χ1) is 12.0. The highest BCUT2D eigenvalue weighted by Gasteiger charge is 2.30. The molecule has 1 N–H and O–H groups in total. The molecule has 1 atom stereocenters. The van der Waals surface area contributed by atoms with Crippen LogP contribution in [0.25, 0.3) is 11.3 Å². The molecule has 0 spiro atoms. The van der Waals surface area contributed by atoms with E-state index in [1.54, 1.807) is 12.1 Å². The Labute approximate surface area is 170 Å². The van der Waals surface area contributed by atoms with E-state index in [2.05, 4.69) is 17.1 Å². The van der Waals surface area contributed by atoms with Gasteiger partial charge in [-0.05, 0) is 50.2 Å². The van der Waals surface area contributed by atoms with Gasteiger partial charge >= 0.3 is 6.18 Å². The van der Waals surface area contributed by atoms with Crippen molar-refractivity contribution < 1.29 is 17.6 Å². The van der Waals surface area contributed by atoms with E-state index in [1.807, 2.05) is 6.07 Å². The monoisotopic (exact) mass is 424 g/mol. The lowest BCUT2D eigenvalue weighted by molar-refractivity contribution is -0.137. The summed E-state index contributed by atoms with van der Waals surface area (Å²) >= 11 is 0. The molecule has 1 aliphatic rings. The van der Waals surface area contributed by atoms with Crippen LogP contribution in [0.1, 0.15) is 31.1 Å². The summed E-state index contributed by atoms with van der Waals surface area (Å²) in [5.41, 5.74) is -0.226. The minimum atomic E-state index is -4.35. The van der Waals surface area contributed by atoms with Crippen molar-refractivity contribution in [2.45, 2.75) is 38.5 Å². The molecule has 0 radical (unpaired) electrons. The first-order valence-electron chi connectivity index (χ1n) is 8.68. The van der Waals surface area contributed by atoms with Crippen molar-refractivity contribution in [3.05, 3.63) is 47.7 Å². The third-order valence-corrected chi connectivity index (χ3v) is 4.72. The average molecular weight is 425 g/mol. The Morgan fingerprint density at radius 1 is 1.19 bits per heavy atom. The first-order valence-corrected chi connectivity index (χ1v) is 8.68. The molecule has 0 amide bonds. The largest absolute Gasteiger partial charge is 0.460 e. The van der Waals surface area contributed by atoms with Crippen molar-refractivity contribution in [2.75, 3.05) is 19.6 Å². The highest BCUT2D eigenvalue weighted by Crippen LogP contribution is 2.32. The van der Waals surface area contributed by atoms with Crippen LogP contribution in [-0.4, -0.2) is 30.6 Å². The second-order valence-electron chi connectivity index (χ2n) is 6.40. The van der Waals surface area contributed by atoms with E-state index in [0.717, 1.165) is 37.5 Å². The quantitative estimate of drug-likeness (QED) is 0.674. The highest BCUT2D eigenvalue weighted by atomic mass is 35.5. The Morgan fingerprint density at radius 3 is 2.67 bits per heavy atom. The minimum Gasteiger partial charge on any atom is -0.460 e. The van der Waals surface area contributed by atoms with Gasteiger partial charge in [-0.1, -0.05) is 19.1 Å². The number of hydrogen-bond acceptors (Lipinski definition) is 3. The van der Waals surface area contributed by atoms with E-state index in [1.165, 1.54) is 18.9 Å². The molecule has 2 heterocycles. The van der Waals surface area contributed by atoms with Crippen LogP contribution in [0.4, 0.5) is 13.2 Å². The number of nitrogens with one attached hydrogen (secondary N) is 1. The predicted octanol–water partition coefficient (Wildman–Crippen LogP) is 5.38. The van der Waals surface area contributed by atoms with Crippen LogP contribution < -0.4 is 5.32 Å². The second kappa shape index (κ2) is 10.4. The summed E-state index contributed by atoms with van der Waals surface area (Å²) in [7, 11) is 0. The van der Waals surface area contributed by atoms with Gasteiger partial charge in [-0.15, -0.1) is 24.8 Å². The zero-order valence-electron chi connectivity index (χ0n) is 15.1. The number of furan rings is 1. The van der Waals surface area contributed by atoms with Gasteiger partial charge in [0.25, 0.3) is 0 Å². The SMILES string of the molecule is CCN1CCCC1CNCc1ccc(-c2cccc(C(F)(F)F)c2)o1.Cl.Cl. The number of nitrogens with zero attached hydrogens (tertiary/aromatic N) is 1. The Kier molecular flexibility index (Phi) is 9.15. The molecule has 0 bridgehead atoms. The van der Waals surface area contributed by atoms with Crippen LogP contribution in [-0.2, 0) is 12.7 Å². The molecule has 2 aromatic rings. The molecule has 1 saturated heterocycles. The molecule has 0 saturated carbocycles. The van der Waals surface area contributed by atoms with Gasteiger partial charge in [0, 0.05) is 18.2 Å². The summed E-state index contributed by atoms with van der Waals surface area (Å²) in [5.74, 6) is 1.19. The number of rotatable bonds is 6. The fourth-order valence-electron chi connectivity index (χ4n) is 3.38. The molecule has 8 heteroatoms. The summed E-state index contributed by atoms with van der Waals surface area (Å²) in [6, 6.07) is 9.31. The van der Waals surface area contributed by atoms with Crippen LogP contribution in [0, 0.1) is 0 Å². The minimum absolute atomic E-state index is 0. The standard InChI is InChI=1S/C19H23F3N2O.2ClH/c1-2-24-10-4-7-16(24)12-23-13-17-8-9-18(25-17)14-5-3-6-15(11-14)19(20,21)22;;/h3,5-6,8-9,11,16,23H,2,4,7,10,12-13H2,1H3;2*1H. The molecule has 27 heavy (non-hydrogen) atoms. The van der Waals surface area contributed by atoms with Gasteiger partial charge in [-0.25, -0.2) is 0 Å². The van der Waals surface area contributed by atoms with Crippen molar-refractivity contribution >= 4 is 24.8 Å². The van der Waals surface area contributed by atoms with Gasteiger partial charge < -0.3 is 9.73 Å². The van der Waals surface area contributed by atoms with E-state index in [4.69, 9.17) is 4.42 Å². The van der Waals surface area contributed by atoms with Crippen molar-refractivity contribution in [1.29, 1.82) is 0 Å². The molecule has 1 fully saturated rings. The molecule has 0 aliphatic carbocycles. The van der Waals surface area contributed by atoms with E-state index in [0.29, 0.717) is 23.9 Å². The Balaban J connectivity index is 0.00000182. The van der Waals surface area contributed by atoms with Gasteiger partial charge in [0.05, 0.1) is 12.1 Å². The molecular formula is C19H25Cl2F3N2O. The van der Waals surface area contributed by atoms with Crippen LogP contribution in [0.5, 0.6) is 0 Å². The Morgan fingerprint density at radius 2 is 1.96 bits per heavy atom. The Hall–Kier alpha value is -1.21. The third-order valence-electron chi connectivity index (χ3n) is 4.72. The first kappa shape index (κ1) is 23.8. The number of alkyl halides is 3. The van der Waals surface area contributed by atoms with Crippen LogP contribution in [0.2, 0.25) is 0 Å². The number of likely N-dealkylation sites (N-methyl/N-ethyl adjacent to an activating group) is 1. The summed E-state index contributed by atoms with van der Waals surface area (Å²) in [5, 5.41) is 3.39. The molecule has 152 valence electrons. The molecule has 1 aromatic carbocycles. The molecule has 1 aromatic heterocycles. The summed E-state index contributed by atoms with van der Waals surface area (Å²) in [6.45, 7) is 5.86. The topological polar surface area (TPSA) is 28.4 Å². The van der Waals surface area contributed by atoms with Gasteiger partial charge in [-0.3, -0.25) is 4.90 Å². The number of benzene rings is 1. The lowest BCUT2D eigenvalue weighted by Gasteiger charge is -2.22. The third kappa shape index (κ3) is 6.14. The van der Waals surface area contributed by atoms with Crippen molar-refractivity contribution in [3.63, 3.8) is 0 Å². The highest BCUT2D eigenvalue weighted by molar-refractivity contribution is 5.85. The van der Waals surface area contributed by atoms with Gasteiger partial charge in [0.2, 0.25) is 0 Å². The fourth-order valence-corrected chi connectivity index (χ4v) is 3.38. The lowest BCUT2D eigenvalue weighted by Crippen LogP contribution is -2.37. The van der Waals surface area contributed by atoms with Crippen molar-refractivity contribution in [1.82, 2.24) is 10.2 Å². The second-order valence-corrected chi connectivity index (χ2v) is 6.40. The van der Waals surface area contributed by atoms with E-state index in [-0.39, 0.29) is 24.8 Å². The van der Waals surface area contributed by atoms with E-state index >= 15 is 0 Å². The molecular weight excluding hydrogens is 400 g/mol. The van der Waals surface area contributed by atoms with E-state index < -0.39 is 11.7 Å². The van der Waals surface area contributed by atoms with Gasteiger partial charge in [0.1, 0.15) is 11.5 Å². The van der Waals surface area contributed by atoms with Crippen molar-refractivity contribution in [3.8, 4) is 11.3 Å². The normalized spacial score (nSPS) is 17.4. The lowest BCUT2D eigenvalue weighted by atomic mass is 10.1. The molecule has 1 aliphatic heterocycles. The number of halogens is 5.